The SMILES string of the molecule is CCOC(=O)c1noc2nc(C)n([C@H](C)C(=O)Nc3ccc4c(c3)OCCO4)c(=O)c12. The molecule has 0 saturated heterocycles. The summed E-state index contributed by atoms with van der Waals surface area (Å²) >= 11 is 0. The zero-order chi connectivity index (χ0) is 22.1. The Balaban J connectivity index is 1.66. The monoisotopic (exact) mass is 428 g/mol. The van der Waals surface area contributed by atoms with Crippen LogP contribution in [0.5, 0.6) is 11.5 Å². The number of esters is 1. The van der Waals surface area contributed by atoms with Gasteiger partial charge >= 0.3 is 5.97 Å². The average molecular weight is 428 g/mol. The van der Waals surface area contributed by atoms with Gasteiger partial charge in [-0.1, -0.05) is 5.16 Å². The summed E-state index contributed by atoms with van der Waals surface area (Å²) in [5.74, 6) is 0.0876. The minimum Gasteiger partial charge on any atom is -0.486 e. The van der Waals surface area contributed by atoms with Crippen LogP contribution in [-0.4, -0.2) is 46.4 Å². The number of ether oxygens (including phenoxy) is 3. The molecular formula is C20H20N4O7. The molecule has 1 N–H and O–H groups in total. The molecule has 1 aliphatic rings. The van der Waals surface area contributed by atoms with Gasteiger partial charge in [0.2, 0.25) is 11.6 Å². The van der Waals surface area contributed by atoms with Crippen molar-refractivity contribution in [2.75, 3.05) is 25.1 Å². The van der Waals surface area contributed by atoms with Crippen LogP contribution < -0.4 is 20.3 Å². The number of aryl methyl sites for hydroxylation is 1. The Morgan fingerprint density at radius 1 is 1.26 bits per heavy atom. The summed E-state index contributed by atoms with van der Waals surface area (Å²) in [7, 11) is 0. The highest BCUT2D eigenvalue weighted by Crippen LogP contribution is 2.32. The smallest absolute Gasteiger partial charge is 0.361 e. The molecule has 162 valence electrons. The lowest BCUT2D eigenvalue weighted by atomic mass is 10.2. The molecule has 1 amide bonds. The van der Waals surface area contributed by atoms with E-state index in [1.165, 1.54) is 4.57 Å². The second kappa shape index (κ2) is 8.09. The molecule has 11 nitrogen and oxygen atoms in total. The van der Waals surface area contributed by atoms with Crippen LogP contribution >= 0.6 is 0 Å². The number of rotatable bonds is 5. The highest BCUT2D eigenvalue weighted by atomic mass is 16.6. The van der Waals surface area contributed by atoms with Crippen LogP contribution in [0.3, 0.4) is 0 Å². The number of anilines is 1. The van der Waals surface area contributed by atoms with Gasteiger partial charge in [0.15, 0.2) is 11.5 Å². The Kier molecular flexibility index (Phi) is 5.32. The second-order valence-corrected chi connectivity index (χ2v) is 6.79. The lowest BCUT2D eigenvalue weighted by molar-refractivity contribution is -0.118. The largest absolute Gasteiger partial charge is 0.486 e. The van der Waals surface area contributed by atoms with E-state index < -0.39 is 23.5 Å². The number of amides is 1. The topological polar surface area (TPSA) is 135 Å². The summed E-state index contributed by atoms with van der Waals surface area (Å²) in [6.07, 6.45) is 0. The van der Waals surface area contributed by atoms with Gasteiger partial charge in [-0.2, -0.15) is 4.98 Å². The summed E-state index contributed by atoms with van der Waals surface area (Å²) in [6, 6.07) is 4.08. The predicted molar refractivity (Wildman–Crippen MR) is 108 cm³/mol. The second-order valence-electron chi connectivity index (χ2n) is 6.79. The minimum absolute atomic E-state index is 0.0961. The van der Waals surface area contributed by atoms with E-state index in [0.29, 0.717) is 30.4 Å². The summed E-state index contributed by atoms with van der Waals surface area (Å²) < 4.78 is 22.1. The van der Waals surface area contributed by atoms with Crippen LogP contribution in [0.2, 0.25) is 0 Å². The van der Waals surface area contributed by atoms with E-state index in [2.05, 4.69) is 15.5 Å². The van der Waals surface area contributed by atoms with Gasteiger partial charge in [-0.15, -0.1) is 0 Å². The van der Waals surface area contributed by atoms with Gasteiger partial charge in [0, 0.05) is 11.8 Å². The number of fused-ring (bicyclic) bond motifs is 2. The number of nitrogens with zero attached hydrogens (tertiary/aromatic N) is 3. The molecule has 1 aromatic carbocycles. The molecule has 11 heteroatoms. The molecular weight excluding hydrogens is 408 g/mol. The standard InChI is InChI=1S/C20H20N4O7/c1-4-28-20(27)16-15-18(31-23-16)21-11(3)24(19(15)26)10(2)17(25)22-12-5-6-13-14(9-12)30-8-7-29-13/h5-6,9-10H,4,7-8H2,1-3H3,(H,22,25)/t10-/m1/s1. The molecule has 2 aromatic heterocycles. The first-order chi connectivity index (χ1) is 14.9. The first-order valence-electron chi connectivity index (χ1n) is 9.66. The summed E-state index contributed by atoms with van der Waals surface area (Å²) in [4.78, 5) is 42.3. The van der Waals surface area contributed by atoms with Crippen molar-refractivity contribution in [1.29, 1.82) is 0 Å². The van der Waals surface area contributed by atoms with Crippen LogP contribution in [0.1, 0.15) is 36.2 Å². The zero-order valence-electron chi connectivity index (χ0n) is 17.1. The van der Waals surface area contributed by atoms with Gasteiger partial charge in [-0.3, -0.25) is 14.2 Å². The van der Waals surface area contributed by atoms with Crippen molar-refractivity contribution in [2.45, 2.75) is 26.8 Å². The molecule has 0 spiro atoms. The molecule has 3 aromatic rings. The van der Waals surface area contributed by atoms with Gasteiger partial charge in [0.05, 0.1) is 6.61 Å². The maximum Gasteiger partial charge on any atom is 0.361 e. The predicted octanol–water partition coefficient (Wildman–Crippen LogP) is 1.84. The van der Waals surface area contributed by atoms with E-state index >= 15 is 0 Å². The van der Waals surface area contributed by atoms with Gasteiger partial charge in [0.25, 0.3) is 11.3 Å². The minimum atomic E-state index is -0.942. The number of carbonyl (C=O) groups excluding carboxylic acids is 2. The number of hydrogen-bond donors (Lipinski definition) is 1. The molecule has 0 aliphatic carbocycles. The van der Waals surface area contributed by atoms with Crippen molar-refractivity contribution >= 4 is 28.7 Å². The fourth-order valence-corrected chi connectivity index (χ4v) is 3.30. The molecule has 4 rings (SSSR count). The van der Waals surface area contributed by atoms with E-state index in [4.69, 9.17) is 18.7 Å². The third-order valence-corrected chi connectivity index (χ3v) is 4.76. The van der Waals surface area contributed by atoms with Crippen LogP contribution in [0.15, 0.2) is 27.5 Å². The third kappa shape index (κ3) is 3.69. The highest BCUT2D eigenvalue weighted by Gasteiger charge is 2.27. The Hall–Kier alpha value is -3.89. The maximum atomic E-state index is 13.1. The number of nitrogens with one attached hydrogen (secondary N) is 1. The van der Waals surface area contributed by atoms with Crippen molar-refractivity contribution in [1.82, 2.24) is 14.7 Å². The fraction of sp³-hybridized carbons (Fsp3) is 0.350. The first-order valence-corrected chi connectivity index (χ1v) is 9.66. The molecule has 1 atom stereocenters. The Bertz CT molecular complexity index is 1230. The van der Waals surface area contributed by atoms with E-state index in [0.717, 1.165) is 0 Å². The van der Waals surface area contributed by atoms with Crippen LogP contribution in [0, 0.1) is 6.92 Å². The average Bonchev–Trinajstić information content (AvgIpc) is 3.18. The van der Waals surface area contributed by atoms with Crippen molar-refractivity contribution in [3.8, 4) is 11.5 Å². The molecule has 0 fully saturated rings. The van der Waals surface area contributed by atoms with Gasteiger partial charge in [-0.25, -0.2) is 4.79 Å². The molecule has 0 saturated carbocycles. The van der Waals surface area contributed by atoms with Crippen molar-refractivity contribution in [3.05, 3.63) is 40.1 Å². The lowest BCUT2D eigenvalue weighted by Crippen LogP contribution is -2.34. The van der Waals surface area contributed by atoms with Crippen LogP contribution in [0.25, 0.3) is 11.1 Å². The Labute approximate surface area is 175 Å². The van der Waals surface area contributed by atoms with Gasteiger partial charge in [0.1, 0.15) is 30.5 Å². The summed E-state index contributed by atoms with van der Waals surface area (Å²) in [5, 5.41) is 6.23. The molecule has 0 unspecified atom stereocenters. The number of aromatic nitrogens is 3. The molecule has 0 radical (unpaired) electrons. The summed E-state index contributed by atoms with van der Waals surface area (Å²) in [6.45, 7) is 5.72. The lowest BCUT2D eigenvalue weighted by Gasteiger charge is -2.20. The van der Waals surface area contributed by atoms with Crippen molar-refractivity contribution < 1.29 is 28.3 Å². The molecule has 3 heterocycles. The zero-order valence-corrected chi connectivity index (χ0v) is 17.1. The molecule has 31 heavy (non-hydrogen) atoms. The number of carbonyl (C=O) groups is 2. The Morgan fingerprint density at radius 3 is 2.74 bits per heavy atom. The van der Waals surface area contributed by atoms with Gasteiger partial charge < -0.3 is 24.1 Å². The normalized spacial score (nSPS) is 13.6. The quantitative estimate of drug-likeness (QED) is 0.604. The van der Waals surface area contributed by atoms with E-state index in [1.54, 1.807) is 39.0 Å². The number of benzene rings is 1. The third-order valence-electron chi connectivity index (χ3n) is 4.76. The molecule has 0 bridgehead atoms. The van der Waals surface area contributed by atoms with E-state index in [-0.39, 0.29) is 29.2 Å². The van der Waals surface area contributed by atoms with E-state index in [9.17, 15) is 14.4 Å². The highest BCUT2D eigenvalue weighted by molar-refractivity contribution is 6.00. The van der Waals surface area contributed by atoms with E-state index in [1.807, 2.05) is 0 Å². The van der Waals surface area contributed by atoms with Crippen LogP contribution in [0.4, 0.5) is 5.69 Å². The molecule has 1 aliphatic heterocycles. The van der Waals surface area contributed by atoms with Gasteiger partial charge in [-0.05, 0) is 32.9 Å². The van der Waals surface area contributed by atoms with Crippen LogP contribution in [-0.2, 0) is 9.53 Å². The maximum absolute atomic E-state index is 13.1. The first kappa shape index (κ1) is 20.4. The summed E-state index contributed by atoms with van der Waals surface area (Å²) in [5.41, 5.74) is -0.515. The van der Waals surface area contributed by atoms with Crippen molar-refractivity contribution in [3.63, 3.8) is 0 Å². The fourth-order valence-electron chi connectivity index (χ4n) is 3.30. The number of hydrogen-bond acceptors (Lipinski definition) is 9. The Morgan fingerprint density at radius 2 is 2.00 bits per heavy atom. The van der Waals surface area contributed by atoms with Crippen molar-refractivity contribution in [2.24, 2.45) is 0 Å².